The summed E-state index contributed by atoms with van der Waals surface area (Å²) in [4.78, 5) is 12.3. The zero-order valence-electron chi connectivity index (χ0n) is 20.9. The maximum absolute atomic E-state index is 12.3. The first kappa shape index (κ1) is 25.6. The Balaban J connectivity index is 1.69. The number of rotatable bonds is 11. The molecule has 3 aromatic rings. The molecule has 0 saturated carbocycles. The van der Waals surface area contributed by atoms with Gasteiger partial charge in [-0.05, 0) is 42.7 Å². The molecule has 0 heterocycles. The van der Waals surface area contributed by atoms with Gasteiger partial charge < -0.3 is 16.0 Å². The molecular formula is C31H35N3O. The average molecular weight is 466 g/mol. The van der Waals surface area contributed by atoms with Gasteiger partial charge in [-0.25, -0.2) is 0 Å². The third-order valence-corrected chi connectivity index (χ3v) is 5.81. The first-order chi connectivity index (χ1) is 16.9. The molecule has 4 nitrogen and oxygen atoms in total. The fourth-order valence-electron chi connectivity index (χ4n) is 3.99. The molecule has 3 rings (SSSR count). The number of allylic oxidation sites excluding steroid dienone is 3. The highest BCUT2D eigenvalue weighted by Crippen LogP contribution is 2.27. The van der Waals surface area contributed by atoms with Crippen molar-refractivity contribution in [1.29, 1.82) is 0 Å². The number of carbonyl (C=O) groups is 1. The molecule has 0 aliphatic rings. The molecule has 180 valence electrons. The van der Waals surface area contributed by atoms with Crippen LogP contribution in [-0.4, -0.2) is 12.5 Å². The molecule has 0 saturated heterocycles. The van der Waals surface area contributed by atoms with E-state index < -0.39 is 0 Å². The van der Waals surface area contributed by atoms with E-state index in [4.69, 9.17) is 0 Å². The van der Waals surface area contributed by atoms with Crippen LogP contribution in [0.5, 0.6) is 0 Å². The molecule has 0 spiro atoms. The molecule has 1 unspecified atom stereocenters. The molecule has 3 N–H and O–H groups in total. The quantitative estimate of drug-likeness (QED) is 0.227. The number of amides is 1. The highest BCUT2D eigenvalue weighted by molar-refractivity contribution is 5.92. The third kappa shape index (κ3) is 6.97. The molecule has 0 radical (unpaired) electrons. The van der Waals surface area contributed by atoms with Crippen LogP contribution in [0.3, 0.4) is 0 Å². The van der Waals surface area contributed by atoms with E-state index in [1.165, 1.54) is 16.3 Å². The lowest BCUT2D eigenvalue weighted by Gasteiger charge is -2.22. The van der Waals surface area contributed by atoms with Gasteiger partial charge in [0.1, 0.15) is 0 Å². The number of nitrogens with one attached hydrogen (secondary N) is 3. The van der Waals surface area contributed by atoms with E-state index in [1.54, 1.807) is 0 Å². The lowest BCUT2D eigenvalue weighted by Crippen LogP contribution is -2.31. The number of benzene rings is 3. The zero-order chi connectivity index (χ0) is 25.2. The number of hydrogen-bond acceptors (Lipinski definition) is 3. The lowest BCUT2D eigenvalue weighted by molar-refractivity contribution is -0.117. The summed E-state index contributed by atoms with van der Waals surface area (Å²) in [7, 11) is 0. The first-order valence-corrected chi connectivity index (χ1v) is 11.9. The summed E-state index contributed by atoms with van der Waals surface area (Å²) >= 11 is 0. The van der Waals surface area contributed by atoms with Gasteiger partial charge in [0.05, 0.1) is 5.70 Å². The van der Waals surface area contributed by atoms with E-state index >= 15 is 0 Å². The molecular weight excluding hydrogens is 430 g/mol. The maximum Gasteiger partial charge on any atom is 0.266 e. The molecule has 0 aliphatic carbocycles. The second-order valence-corrected chi connectivity index (χ2v) is 8.58. The third-order valence-electron chi connectivity index (χ3n) is 5.81. The smallest absolute Gasteiger partial charge is 0.266 e. The maximum atomic E-state index is 12.3. The van der Waals surface area contributed by atoms with Gasteiger partial charge in [0.2, 0.25) is 0 Å². The standard InChI is InChI=1S/C31H35N3O/c1-6-30(34-23(4)27-19-11-16-25-14-7-9-17-28(25)27)29-18-10-8-15-26(29)21-33-24(5)31(35)32-20-12-13-22(2)3/h6-19,23,33-34H,2,5,20-21H2,1,3-4H3,(H,32,35)/b13-12+,30-6?. The molecule has 0 fully saturated rings. The Morgan fingerprint density at radius 3 is 2.46 bits per heavy atom. The Kier molecular flexibility index (Phi) is 9.08. The van der Waals surface area contributed by atoms with Crippen molar-refractivity contribution < 1.29 is 4.79 Å². The second kappa shape index (κ2) is 12.4. The van der Waals surface area contributed by atoms with Crippen molar-refractivity contribution in [3.8, 4) is 0 Å². The normalized spacial score (nSPS) is 12.4. The summed E-state index contributed by atoms with van der Waals surface area (Å²) in [5.41, 5.74) is 5.74. The molecule has 0 bridgehead atoms. The first-order valence-electron chi connectivity index (χ1n) is 11.9. The molecule has 35 heavy (non-hydrogen) atoms. The van der Waals surface area contributed by atoms with Crippen molar-refractivity contribution in [2.24, 2.45) is 0 Å². The second-order valence-electron chi connectivity index (χ2n) is 8.58. The summed E-state index contributed by atoms with van der Waals surface area (Å²) in [6, 6.07) is 23.2. The largest absolute Gasteiger partial charge is 0.378 e. The molecule has 3 aromatic carbocycles. The molecule has 1 atom stereocenters. The van der Waals surface area contributed by atoms with Crippen LogP contribution < -0.4 is 16.0 Å². The van der Waals surface area contributed by atoms with E-state index in [-0.39, 0.29) is 11.9 Å². The van der Waals surface area contributed by atoms with Gasteiger partial charge in [0.15, 0.2) is 0 Å². The van der Waals surface area contributed by atoms with Crippen molar-refractivity contribution >= 4 is 22.4 Å². The van der Waals surface area contributed by atoms with Gasteiger partial charge >= 0.3 is 0 Å². The fraction of sp³-hybridized carbons (Fsp3) is 0.194. The molecule has 0 aromatic heterocycles. The Hall–Kier alpha value is -4.05. The minimum absolute atomic E-state index is 0.112. The molecule has 4 heteroatoms. The van der Waals surface area contributed by atoms with Gasteiger partial charge in [-0.15, -0.1) is 0 Å². The Bertz CT molecular complexity index is 1260. The monoisotopic (exact) mass is 465 g/mol. The van der Waals surface area contributed by atoms with Gasteiger partial charge in [-0.3, -0.25) is 4.79 Å². The predicted molar refractivity (Wildman–Crippen MR) is 149 cm³/mol. The summed E-state index contributed by atoms with van der Waals surface area (Å²) in [6.45, 7) is 14.8. The SMILES string of the molecule is C=C(C)/C=C/CNC(=O)C(=C)NCc1ccccc1C(=CC)NC(C)c1cccc2ccccc12. The van der Waals surface area contributed by atoms with E-state index in [9.17, 15) is 4.79 Å². The fourth-order valence-corrected chi connectivity index (χ4v) is 3.99. The average Bonchev–Trinajstić information content (AvgIpc) is 2.87. The van der Waals surface area contributed by atoms with Crippen LogP contribution in [-0.2, 0) is 11.3 Å². The molecule has 1 amide bonds. The van der Waals surface area contributed by atoms with Crippen molar-refractivity contribution in [3.05, 3.63) is 126 Å². The number of carbonyl (C=O) groups excluding carboxylic acids is 1. The number of hydrogen-bond donors (Lipinski definition) is 3. The minimum Gasteiger partial charge on any atom is -0.378 e. The highest BCUT2D eigenvalue weighted by atomic mass is 16.2. The number of fused-ring (bicyclic) bond motifs is 1. The van der Waals surface area contributed by atoms with Crippen molar-refractivity contribution in [3.63, 3.8) is 0 Å². The van der Waals surface area contributed by atoms with Gasteiger partial charge in [-0.1, -0.05) is 104 Å². The van der Waals surface area contributed by atoms with Crippen LogP contribution in [0.4, 0.5) is 0 Å². The summed E-state index contributed by atoms with van der Waals surface area (Å²) in [5, 5.41) is 12.2. The van der Waals surface area contributed by atoms with Crippen LogP contribution in [0.1, 0.15) is 43.5 Å². The van der Waals surface area contributed by atoms with Crippen LogP contribution in [0.15, 0.2) is 109 Å². The van der Waals surface area contributed by atoms with E-state index in [2.05, 4.69) is 96.7 Å². The van der Waals surface area contributed by atoms with Crippen molar-refractivity contribution in [2.45, 2.75) is 33.4 Å². The van der Waals surface area contributed by atoms with Crippen LogP contribution in [0, 0.1) is 0 Å². The Labute approximate surface area is 209 Å². The van der Waals surface area contributed by atoms with Crippen LogP contribution in [0.25, 0.3) is 16.5 Å². The Morgan fingerprint density at radius 1 is 0.971 bits per heavy atom. The summed E-state index contributed by atoms with van der Waals surface area (Å²) in [5.74, 6) is -0.220. The van der Waals surface area contributed by atoms with Gasteiger partial charge in [0, 0.05) is 30.4 Å². The van der Waals surface area contributed by atoms with E-state index in [0.717, 1.165) is 22.4 Å². The summed E-state index contributed by atoms with van der Waals surface area (Å²) in [6.07, 6.45) is 5.83. The molecule has 0 aliphatic heterocycles. The van der Waals surface area contributed by atoms with E-state index in [0.29, 0.717) is 18.8 Å². The zero-order valence-corrected chi connectivity index (χ0v) is 20.9. The topological polar surface area (TPSA) is 53.2 Å². The van der Waals surface area contributed by atoms with E-state index in [1.807, 2.05) is 38.1 Å². The van der Waals surface area contributed by atoms with Crippen LogP contribution in [0.2, 0.25) is 0 Å². The summed E-state index contributed by atoms with van der Waals surface area (Å²) < 4.78 is 0. The van der Waals surface area contributed by atoms with Gasteiger partial charge in [0.25, 0.3) is 5.91 Å². The highest BCUT2D eigenvalue weighted by Gasteiger charge is 2.14. The van der Waals surface area contributed by atoms with Crippen LogP contribution >= 0.6 is 0 Å². The Morgan fingerprint density at radius 2 is 1.69 bits per heavy atom. The van der Waals surface area contributed by atoms with Gasteiger partial charge in [-0.2, -0.15) is 0 Å². The predicted octanol–water partition coefficient (Wildman–Crippen LogP) is 6.40. The lowest BCUT2D eigenvalue weighted by atomic mass is 9.98. The van der Waals surface area contributed by atoms with Crippen molar-refractivity contribution in [2.75, 3.05) is 6.54 Å². The van der Waals surface area contributed by atoms with Crippen molar-refractivity contribution in [1.82, 2.24) is 16.0 Å². The minimum atomic E-state index is -0.220.